The second-order valence-corrected chi connectivity index (χ2v) is 7.00. The molecule has 1 aromatic carbocycles. The van der Waals surface area contributed by atoms with E-state index in [1.165, 1.54) is 19.3 Å². The molecule has 1 amide bonds. The third-order valence-electron chi connectivity index (χ3n) is 4.14. The van der Waals surface area contributed by atoms with E-state index >= 15 is 0 Å². The van der Waals surface area contributed by atoms with Crippen LogP contribution in [0, 0.1) is 6.92 Å². The summed E-state index contributed by atoms with van der Waals surface area (Å²) in [4.78, 5) is 23.7. The van der Waals surface area contributed by atoms with Crippen molar-refractivity contribution in [3.05, 3.63) is 51.3 Å². The van der Waals surface area contributed by atoms with Gasteiger partial charge in [0.25, 0.3) is 5.91 Å². The summed E-state index contributed by atoms with van der Waals surface area (Å²) in [5.74, 6) is 0.492. The lowest BCUT2D eigenvalue weighted by atomic mass is 10.1. The first-order chi connectivity index (χ1) is 12.0. The van der Waals surface area contributed by atoms with Crippen molar-refractivity contribution in [3.8, 4) is 0 Å². The summed E-state index contributed by atoms with van der Waals surface area (Å²) in [5.41, 5.74) is 2.07. The van der Waals surface area contributed by atoms with Crippen LogP contribution in [0.5, 0.6) is 0 Å². The molecule has 1 aliphatic heterocycles. The number of hydrogen-bond acceptors (Lipinski definition) is 4. The molecule has 1 saturated heterocycles. The highest BCUT2D eigenvalue weighted by Crippen LogP contribution is 2.21. The predicted molar refractivity (Wildman–Crippen MR) is 100 cm³/mol. The van der Waals surface area contributed by atoms with Crippen molar-refractivity contribution < 1.29 is 4.79 Å². The van der Waals surface area contributed by atoms with Crippen LogP contribution in [0.3, 0.4) is 0 Å². The number of rotatable bonds is 4. The molecule has 0 radical (unpaired) electrons. The average molecular weight is 379 g/mol. The van der Waals surface area contributed by atoms with E-state index in [0.717, 1.165) is 30.4 Å². The van der Waals surface area contributed by atoms with Crippen molar-refractivity contribution in [2.45, 2.75) is 32.7 Å². The van der Waals surface area contributed by atoms with Gasteiger partial charge < -0.3 is 10.2 Å². The number of anilines is 1. The van der Waals surface area contributed by atoms with E-state index in [9.17, 15) is 4.79 Å². The number of halogens is 2. The SMILES string of the molecule is Cc1cc(CNC(=O)c2ccc(Cl)cc2Cl)nc(N2CCCCC2)n1. The van der Waals surface area contributed by atoms with Crippen LogP contribution in [-0.2, 0) is 6.54 Å². The van der Waals surface area contributed by atoms with Gasteiger partial charge in [0.15, 0.2) is 0 Å². The molecule has 5 nitrogen and oxygen atoms in total. The summed E-state index contributed by atoms with van der Waals surface area (Å²) in [6.45, 7) is 4.23. The molecule has 0 aliphatic carbocycles. The lowest BCUT2D eigenvalue weighted by molar-refractivity contribution is 0.0950. The Kier molecular flexibility index (Phi) is 5.76. The molecule has 0 saturated carbocycles. The van der Waals surface area contributed by atoms with Gasteiger partial charge in [-0.05, 0) is 50.5 Å². The first kappa shape index (κ1) is 18.0. The first-order valence-electron chi connectivity index (χ1n) is 8.36. The average Bonchev–Trinajstić information content (AvgIpc) is 2.60. The third kappa shape index (κ3) is 4.61. The van der Waals surface area contributed by atoms with Gasteiger partial charge in [-0.1, -0.05) is 23.2 Å². The van der Waals surface area contributed by atoms with E-state index in [0.29, 0.717) is 22.2 Å². The van der Waals surface area contributed by atoms with Gasteiger partial charge in [-0.15, -0.1) is 0 Å². The quantitative estimate of drug-likeness (QED) is 0.872. The van der Waals surface area contributed by atoms with Crippen molar-refractivity contribution in [2.75, 3.05) is 18.0 Å². The number of piperidine rings is 1. The molecule has 1 fully saturated rings. The van der Waals surface area contributed by atoms with Crippen LogP contribution < -0.4 is 10.2 Å². The molecule has 1 N–H and O–H groups in total. The fourth-order valence-corrected chi connectivity index (χ4v) is 3.38. The molecule has 3 rings (SSSR count). The van der Waals surface area contributed by atoms with Crippen LogP contribution >= 0.6 is 23.2 Å². The summed E-state index contributed by atoms with van der Waals surface area (Å²) in [6.07, 6.45) is 3.59. The largest absolute Gasteiger partial charge is 0.346 e. The fourth-order valence-electron chi connectivity index (χ4n) is 2.88. The molecule has 2 aromatic rings. The van der Waals surface area contributed by atoms with Crippen LogP contribution in [0.2, 0.25) is 10.0 Å². The number of aryl methyl sites for hydroxylation is 1. The Morgan fingerprint density at radius 2 is 1.92 bits per heavy atom. The van der Waals surface area contributed by atoms with E-state index in [2.05, 4.69) is 20.2 Å². The molecule has 0 spiro atoms. The zero-order chi connectivity index (χ0) is 17.8. The lowest BCUT2D eigenvalue weighted by Gasteiger charge is -2.27. The molecule has 132 valence electrons. The number of benzene rings is 1. The molecule has 1 aromatic heterocycles. The zero-order valence-corrected chi connectivity index (χ0v) is 15.6. The number of carbonyl (C=O) groups excluding carboxylic acids is 1. The van der Waals surface area contributed by atoms with Crippen molar-refractivity contribution in [1.29, 1.82) is 0 Å². The van der Waals surface area contributed by atoms with Gasteiger partial charge in [-0.2, -0.15) is 0 Å². The maximum atomic E-state index is 12.3. The minimum atomic E-state index is -0.252. The molecule has 0 unspecified atom stereocenters. The van der Waals surface area contributed by atoms with Gasteiger partial charge in [0.1, 0.15) is 0 Å². The van der Waals surface area contributed by atoms with Crippen LogP contribution in [0.15, 0.2) is 24.3 Å². The number of amides is 1. The Balaban J connectivity index is 1.70. The van der Waals surface area contributed by atoms with E-state index in [1.807, 2.05) is 13.0 Å². The van der Waals surface area contributed by atoms with Gasteiger partial charge >= 0.3 is 0 Å². The highest BCUT2D eigenvalue weighted by atomic mass is 35.5. The van der Waals surface area contributed by atoms with Crippen molar-refractivity contribution in [2.24, 2.45) is 0 Å². The second kappa shape index (κ2) is 8.02. The van der Waals surface area contributed by atoms with Crippen LogP contribution in [0.1, 0.15) is 41.0 Å². The summed E-state index contributed by atoms with van der Waals surface area (Å²) in [5, 5.41) is 3.69. The van der Waals surface area contributed by atoms with Gasteiger partial charge in [0.2, 0.25) is 5.95 Å². The second-order valence-electron chi connectivity index (χ2n) is 6.16. The summed E-state index contributed by atoms with van der Waals surface area (Å²) < 4.78 is 0. The van der Waals surface area contributed by atoms with Crippen molar-refractivity contribution in [3.63, 3.8) is 0 Å². The molecule has 25 heavy (non-hydrogen) atoms. The molecule has 7 heteroatoms. The number of nitrogens with one attached hydrogen (secondary N) is 1. The number of hydrogen-bond donors (Lipinski definition) is 1. The fraction of sp³-hybridized carbons (Fsp3) is 0.389. The minimum absolute atomic E-state index is 0.252. The lowest BCUT2D eigenvalue weighted by Crippen LogP contribution is -2.32. The minimum Gasteiger partial charge on any atom is -0.346 e. The van der Waals surface area contributed by atoms with Crippen LogP contribution in [-0.4, -0.2) is 29.0 Å². The van der Waals surface area contributed by atoms with E-state index in [-0.39, 0.29) is 5.91 Å². The van der Waals surface area contributed by atoms with E-state index in [1.54, 1.807) is 18.2 Å². The highest BCUT2D eigenvalue weighted by molar-refractivity contribution is 6.36. The number of carbonyl (C=O) groups is 1. The maximum absolute atomic E-state index is 12.3. The first-order valence-corrected chi connectivity index (χ1v) is 9.11. The topological polar surface area (TPSA) is 58.1 Å². The Morgan fingerprint density at radius 3 is 2.64 bits per heavy atom. The van der Waals surface area contributed by atoms with Crippen LogP contribution in [0.25, 0.3) is 0 Å². The van der Waals surface area contributed by atoms with Gasteiger partial charge in [-0.3, -0.25) is 4.79 Å². The molecule has 0 atom stereocenters. The van der Waals surface area contributed by atoms with Gasteiger partial charge in [0.05, 0.1) is 22.8 Å². The van der Waals surface area contributed by atoms with Crippen molar-refractivity contribution >= 4 is 35.1 Å². The molecule has 1 aliphatic rings. The Hall–Kier alpha value is -1.85. The molecular formula is C18H20Cl2N4O. The van der Waals surface area contributed by atoms with Crippen molar-refractivity contribution in [1.82, 2.24) is 15.3 Å². The van der Waals surface area contributed by atoms with Gasteiger partial charge in [-0.25, -0.2) is 9.97 Å². The Labute approximate surface area is 157 Å². The Morgan fingerprint density at radius 1 is 1.16 bits per heavy atom. The van der Waals surface area contributed by atoms with Gasteiger partial charge in [0, 0.05) is 23.8 Å². The zero-order valence-electron chi connectivity index (χ0n) is 14.1. The van der Waals surface area contributed by atoms with Crippen LogP contribution in [0.4, 0.5) is 5.95 Å². The predicted octanol–water partition coefficient (Wildman–Crippen LogP) is 4.01. The molecule has 0 bridgehead atoms. The highest BCUT2D eigenvalue weighted by Gasteiger charge is 2.15. The standard InChI is InChI=1S/C18H20Cl2N4O/c1-12-9-14(23-18(22-12)24-7-3-2-4-8-24)11-21-17(25)15-6-5-13(19)10-16(15)20/h5-6,9-10H,2-4,7-8,11H2,1H3,(H,21,25). The molecule has 2 heterocycles. The third-order valence-corrected chi connectivity index (χ3v) is 4.69. The monoisotopic (exact) mass is 378 g/mol. The number of nitrogens with zero attached hydrogens (tertiary/aromatic N) is 3. The smallest absolute Gasteiger partial charge is 0.253 e. The summed E-state index contributed by atoms with van der Waals surface area (Å²) in [7, 11) is 0. The summed E-state index contributed by atoms with van der Waals surface area (Å²) >= 11 is 11.9. The number of aromatic nitrogens is 2. The normalized spacial score (nSPS) is 14.4. The molecular weight excluding hydrogens is 359 g/mol. The maximum Gasteiger partial charge on any atom is 0.253 e. The van der Waals surface area contributed by atoms with E-state index in [4.69, 9.17) is 23.2 Å². The summed E-state index contributed by atoms with van der Waals surface area (Å²) in [6, 6.07) is 6.70. The van der Waals surface area contributed by atoms with E-state index < -0.39 is 0 Å². The Bertz CT molecular complexity index is 776.